The molecular weight excluding hydrogens is 312 g/mol. The topological polar surface area (TPSA) is 63.4 Å². The van der Waals surface area contributed by atoms with Crippen LogP contribution in [0.1, 0.15) is 45.2 Å². The van der Waals surface area contributed by atoms with Gasteiger partial charge < -0.3 is 20.7 Å². The largest absolute Gasteiger partial charge is 0.383 e. The molecule has 3 aliphatic rings. The Morgan fingerprint density at radius 3 is 2.48 bits per heavy atom. The molecule has 1 aromatic heterocycles. The van der Waals surface area contributed by atoms with E-state index >= 15 is 0 Å². The van der Waals surface area contributed by atoms with Gasteiger partial charge in [-0.05, 0) is 69.9 Å². The Hall–Kier alpha value is -1.33. The van der Waals surface area contributed by atoms with Crippen molar-refractivity contribution in [2.75, 3.05) is 29.9 Å². The molecule has 2 aliphatic carbocycles. The Labute approximate surface area is 151 Å². The molecule has 25 heavy (non-hydrogen) atoms. The van der Waals surface area contributed by atoms with E-state index in [1.165, 1.54) is 31.4 Å². The number of nitrogens with two attached hydrogens (primary N) is 1. The summed E-state index contributed by atoms with van der Waals surface area (Å²) in [5.74, 6) is 1.86. The van der Waals surface area contributed by atoms with Crippen molar-refractivity contribution in [3.05, 3.63) is 17.8 Å². The van der Waals surface area contributed by atoms with Gasteiger partial charge in [0.2, 0.25) is 0 Å². The molecule has 5 heteroatoms. The monoisotopic (exact) mass is 344 g/mol. The molecule has 1 aromatic rings. The molecule has 0 aromatic carbocycles. The van der Waals surface area contributed by atoms with E-state index in [0.29, 0.717) is 11.5 Å². The van der Waals surface area contributed by atoms with Gasteiger partial charge in [-0.2, -0.15) is 0 Å². The molecule has 0 radical (unpaired) electrons. The molecule has 138 valence electrons. The maximum atomic E-state index is 5.95. The number of aryl methyl sites for hydroxylation is 1. The van der Waals surface area contributed by atoms with Crippen molar-refractivity contribution >= 4 is 11.5 Å². The van der Waals surface area contributed by atoms with E-state index in [2.05, 4.69) is 43.1 Å². The average molecular weight is 345 g/mol. The summed E-state index contributed by atoms with van der Waals surface area (Å²) in [5.41, 5.74) is 8.83. The van der Waals surface area contributed by atoms with Gasteiger partial charge in [-0.1, -0.05) is 0 Å². The summed E-state index contributed by atoms with van der Waals surface area (Å²) in [6, 6.07) is 4.81. The fourth-order valence-corrected chi connectivity index (χ4v) is 5.23. The van der Waals surface area contributed by atoms with E-state index < -0.39 is 0 Å². The van der Waals surface area contributed by atoms with Gasteiger partial charge in [-0.15, -0.1) is 0 Å². The van der Waals surface area contributed by atoms with Crippen LogP contribution < -0.4 is 16.0 Å². The highest BCUT2D eigenvalue weighted by atomic mass is 16.5. The van der Waals surface area contributed by atoms with E-state index in [0.717, 1.165) is 37.1 Å². The number of anilines is 2. The fraction of sp³-hybridized carbons (Fsp3) is 0.750. The van der Waals surface area contributed by atoms with Crippen molar-refractivity contribution in [2.45, 2.75) is 64.7 Å². The smallest absolute Gasteiger partial charge is 0.129 e. The second kappa shape index (κ2) is 6.44. The lowest BCUT2D eigenvalue weighted by molar-refractivity contribution is -0.0334. The first kappa shape index (κ1) is 17.1. The molecule has 2 heterocycles. The Morgan fingerprint density at radius 1 is 1.20 bits per heavy atom. The van der Waals surface area contributed by atoms with Gasteiger partial charge in [-0.25, -0.2) is 4.98 Å². The van der Waals surface area contributed by atoms with Gasteiger partial charge >= 0.3 is 0 Å². The van der Waals surface area contributed by atoms with E-state index in [4.69, 9.17) is 15.5 Å². The standard InChI is InChI=1S/C20H32N4O/c1-13-11-24(12-14(2)25-13)19-5-4-18(15(3)23-19)22-10-16-6-20(7-16)8-17(21)9-20/h4-5,13-14,16-17,22H,6-12,21H2,1-3H3. The average Bonchev–Trinajstić information content (AvgIpc) is 2.48. The van der Waals surface area contributed by atoms with Crippen LogP contribution in [-0.4, -0.2) is 42.9 Å². The molecule has 1 spiro atoms. The maximum Gasteiger partial charge on any atom is 0.129 e. The first-order valence-corrected chi connectivity index (χ1v) is 9.80. The Bertz CT molecular complexity index is 610. The second-order valence-corrected chi connectivity index (χ2v) is 8.79. The first-order valence-electron chi connectivity index (χ1n) is 9.80. The van der Waals surface area contributed by atoms with Crippen molar-refractivity contribution in [3.8, 4) is 0 Å². The predicted octanol–water partition coefficient (Wildman–Crippen LogP) is 2.93. The summed E-state index contributed by atoms with van der Waals surface area (Å²) < 4.78 is 5.82. The SMILES string of the molecule is Cc1nc(N2CC(C)OC(C)C2)ccc1NCC1CC2(CC(N)C2)C1. The third-order valence-electron chi connectivity index (χ3n) is 6.23. The van der Waals surface area contributed by atoms with Crippen molar-refractivity contribution in [2.24, 2.45) is 17.1 Å². The van der Waals surface area contributed by atoms with Gasteiger partial charge in [0.05, 0.1) is 23.6 Å². The quantitative estimate of drug-likeness (QED) is 0.879. The number of nitrogens with one attached hydrogen (secondary N) is 1. The zero-order valence-electron chi connectivity index (χ0n) is 15.8. The molecule has 3 N–H and O–H groups in total. The van der Waals surface area contributed by atoms with Crippen LogP contribution in [0.3, 0.4) is 0 Å². The lowest BCUT2D eigenvalue weighted by Crippen LogP contribution is -2.54. The number of rotatable bonds is 4. The van der Waals surface area contributed by atoms with Gasteiger partial charge in [-0.3, -0.25) is 0 Å². The lowest BCUT2D eigenvalue weighted by atomic mass is 9.50. The van der Waals surface area contributed by atoms with Crippen LogP contribution in [0.15, 0.2) is 12.1 Å². The first-order chi connectivity index (χ1) is 11.9. The number of morpholine rings is 1. The summed E-state index contributed by atoms with van der Waals surface area (Å²) >= 11 is 0. The van der Waals surface area contributed by atoms with E-state index in [-0.39, 0.29) is 12.2 Å². The summed E-state index contributed by atoms with van der Waals surface area (Å²) in [6.45, 7) is 9.25. The van der Waals surface area contributed by atoms with Crippen LogP contribution in [0.2, 0.25) is 0 Å². The number of ether oxygens (including phenoxy) is 1. The molecule has 0 amide bonds. The maximum absolute atomic E-state index is 5.95. The van der Waals surface area contributed by atoms with Gasteiger partial charge in [0.1, 0.15) is 5.82 Å². The molecular formula is C20H32N4O. The van der Waals surface area contributed by atoms with Gasteiger partial charge in [0.15, 0.2) is 0 Å². The highest BCUT2D eigenvalue weighted by Crippen LogP contribution is 2.58. The number of pyridine rings is 1. The van der Waals surface area contributed by atoms with Crippen LogP contribution in [0.5, 0.6) is 0 Å². The molecule has 2 unspecified atom stereocenters. The van der Waals surface area contributed by atoms with E-state index in [1.54, 1.807) is 0 Å². The minimum Gasteiger partial charge on any atom is -0.383 e. The minimum atomic E-state index is 0.259. The molecule has 5 nitrogen and oxygen atoms in total. The number of hydrogen-bond acceptors (Lipinski definition) is 5. The van der Waals surface area contributed by atoms with Crippen molar-refractivity contribution in [3.63, 3.8) is 0 Å². The van der Waals surface area contributed by atoms with Gasteiger partial charge in [0.25, 0.3) is 0 Å². The van der Waals surface area contributed by atoms with Crippen LogP contribution in [0, 0.1) is 18.3 Å². The van der Waals surface area contributed by atoms with E-state index in [9.17, 15) is 0 Å². The molecule has 0 bridgehead atoms. The zero-order valence-corrected chi connectivity index (χ0v) is 15.8. The zero-order chi connectivity index (χ0) is 17.6. The summed E-state index contributed by atoms with van der Waals surface area (Å²) in [4.78, 5) is 7.18. The third-order valence-corrected chi connectivity index (χ3v) is 6.23. The molecule has 4 rings (SSSR count). The molecule has 2 atom stereocenters. The highest BCUT2D eigenvalue weighted by molar-refractivity contribution is 5.54. The molecule has 3 fully saturated rings. The lowest BCUT2D eigenvalue weighted by Gasteiger charge is -2.57. The Morgan fingerprint density at radius 2 is 1.88 bits per heavy atom. The predicted molar refractivity (Wildman–Crippen MR) is 102 cm³/mol. The highest BCUT2D eigenvalue weighted by Gasteiger charge is 2.51. The molecule has 1 saturated heterocycles. The minimum absolute atomic E-state index is 0.259. The fourth-order valence-electron chi connectivity index (χ4n) is 5.23. The van der Waals surface area contributed by atoms with Crippen molar-refractivity contribution in [1.29, 1.82) is 0 Å². The van der Waals surface area contributed by atoms with Crippen LogP contribution >= 0.6 is 0 Å². The van der Waals surface area contributed by atoms with Gasteiger partial charge in [0, 0.05) is 25.7 Å². The number of nitrogens with zero attached hydrogens (tertiary/aromatic N) is 2. The Balaban J connectivity index is 1.31. The molecule has 1 aliphatic heterocycles. The van der Waals surface area contributed by atoms with Crippen molar-refractivity contribution < 1.29 is 4.74 Å². The third kappa shape index (κ3) is 3.49. The second-order valence-electron chi connectivity index (χ2n) is 8.79. The summed E-state index contributed by atoms with van der Waals surface area (Å²) in [7, 11) is 0. The van der Waals surface area contributed by atoms with Crippen molar-refractivity contribution in [1.82, 2.24) is 4.98 Å². The Kier molecular flexibility index (Phi) is 4.40. The number of hydrogen-bond donors (Lipinski definition) is 2. The molecule has 2 saturated carbocycles. The van der Waals surface area contributed by atoms with Crippen LogP contribution in [-0.2, 0) is 4.74 Å². The van der Waals surface area contributed by atoms with E-state index in [1.807, 2.05) is 0 Å². The van der Waals surface area contributed by atoms with Crippen LogP contribution in [0.25, 0.3) is 0 Å². The van der Waals surface area contributed by atoms with Crippen LogP contribution in [0.4, 0.5) is 11.5 Å². The normalized spacial score (nSPS) is 37.5. The summed E-state index contributed by atoms with van der Waals surface area (Å²) in [5, 5.41) is 3.62. The number of aromatic nitrogens is 1. The summed E-state index contributed by atoms with van der Waals surface area (Å²) in [6.07, 6.45) is 5.71.